The van der Waals surface area contributed by atoms with E-state index >= 15 is 0 Å². The number of hydrogen-bond donors (Lipinski definition) is 2. The first kappa shape index (κ1) is 12.6. The van der Waals surface area contributed by atoms with Crippen LogP contribution >= 0.6 is 0 Å². The van der Waals surface area contributed by atoms with E-state index in [4.69, 9.17) is 10.5 Å². The normalized spacial score (nSPS) is 23.3. The van der Waals surface area contributed by atoms with Crippen LogP contribution in [0.25, 0.3) is 0 Å². The maximum atomic E-state index is 11.6. The lowest BCUT2D eigenvalue weighted by atomic mass is 9.74. The van der Waals surface area contributed by atoms with Crippen LogP contribution in [0.2, 0.25) is 0 Å². The monoisotopic (exact) mass is 255 g/mol. The molecule has 1 aromatic carbocycles. The molecule has 1 heterocycles. The van der Waals surface area contributed by atoms with Crippen LogP contribution in [0, 0.1) is 34.5 Å². The Bertz CT molecular complexity index is 595. The second-order valence-electron chi connectivity index (χ2n) is 4.19. The Labute approximate surface area is 108 Å². The van der Waals surface area contributed by atoms with E-state index in [9.17, 15) is 14.7 Å². The number of piperidine rings is 1. The van der Waals surface area contributed by atoms with Crippen molar-refractivity contribution in [1.82, 2.24) is 5.32 Å². The SMILES string of the molecule is N#C[C@@H]1C(=O)NC(=O)[C@@H](C#N)C1c1cccc(O)c1. The summed E-state index contributed by atoms with van der Waals surface area (Å²) in [6.45, 7) is 0. The van der Waals surface area contributed by atoms with Crippen LogP contribution in [0.1, 0.15) is 11.5 Å². The summed E-state index contributed by atoms with van der Waals surface area (Å²) in [5, 5.41) is 29.6. The van der Waals surface area contributed by atoms with Gasteiger partial charge in [-0.25, -0.2) is 0 Å². The number of phenolic OH excluding ortho intramolecular Hbond substituents is 1. The Morgan fingerprint density at radius 3 is 2.16 bits per heavy atom. The van der Waals surface area contributed by atoms with Gasteiger partial charge >= 0.3 is 0 Å². The topological polar surface area (TPSA) is 114 Å². The van der Waals surface area contributed by atoms with Gasteiger partial charge in [-0.3, -0.25) is 14.9 Å². The van der Waals surface area contributed by atoms with Crippen LogP contribution in [0.5, 0.6) is 5.75 Å². The first-order chi connectivity index (χ1) is 9.08. The van der Waals surface area contributed by atoms with Crippen molar-refractivity contribution in [3.63, 3.8) is 0 Å². The fraction of sp³-hybridized carbons (Fsp3) is 0.231. The van der Waals surface area contributed by atoms with E-state index in [0.29, 0.717) is 5.56 Å². The summed E-state index contributed by atoms with van der Waals surface area (Å²) < 4.78 is 0. The van der Waals surface area contributed by atoms with Crippen molar-refractivity contribution in [2.75, 3.05) is 0 Å². The van der Waals surface area contributed by atoms with Crippen LogP contribution in [-0.2, 0) is 9.59 Å². The van der Waals surface area contributed by atoms with Gasteiger partial charge in [0.25, 0.3) is 0 Å². The van der Waals surface area contributed by atoms with E-state index < -0.39 is 29.6 Å². The van der Waals surface area contributed by atoms with Gasteiger partial charge in [-0.1, -0.05) is 12.1 Å². The van der Waals surface area contributed by atoms with Gasteiger partial charge in [0, 0.05) is 5.92 Å². The number of phenols is 1. The summed E-state index contributed by atoms with van der Waals surface area (Å²) in [7, 11) is 0. The number of carbonyl (C=O) groups is 2. The number of benzene rings is 1. The second kappa shape index (κ2) is 4.79. The highest BCUT2D eigenvalue weighted by Crippen LogP contribution is 2.36. The molecule has 2 N–H and O–H groups in total. The molecule has 6 heteroatoms. The minimum Gasteiger partial charge on any atom is -0.508 e. The summed E-state index contributed by atoms with van der Waals surface area (Å²) in [5.41, 5.74) is 0.418. The van der Waals surface area contributed by atoms with Gasteiger partial charge in [0.05, 0.1) is 12.1 Å². The fourth-order valence-electron chi connectivity index (χ4n) is 2.19. The van der Waals surface area contributed by atoms with Crippen molar-refractivity contribution in [3.8, 4) is 17.9 Å². The molecule has 0 radical (unpaired) electrons. The van der Waals surface area contributed by atoms with Crippen LogP contribution in [0.4, 0.5) is 0 Å². The van der Waals surface area contributed by atoms with Gasteiger partial charge in [-0.05, 0) is 17.7 Å². The molecular weight excluding hydrogens is 246 g/mol. The number of nitriles is 2. The minimum atomic E-state index is -1.14. The predicted octanol–water partition coefficient (Wildman–Crippen LogP) is 0.412. The zero-order chi connectivity index (χ0) is 14.0. The van der Waals surface area contributed by atoms with E-state index in [0.717, 1.165) is 0 Å². The lowest BCUT2D eigenvalue weighted by molar-refractivity contribution is -0.137. The molecule has 1 saturated heterocycles. The molecule has 94 valence electrons. The van der Waals surface area contributed by atoms with E-state index in [2.05, 4.69) is 0 Å². The third-order valence-electron chi connectivity index (χ3n) is 3.06. The first-order valence-corrected chi connectivity index (χ1v) is 5.51. The molecule has 0 saturated carbocycles. The molecule has 0 bridgehead atoms. The Kier molecular flexibility index (Phi) is 3.17. The van der Waals surface area contributed by atoms with Crippen LogP contribution in [-0.4, -0.2) is 16.9 Å². The number of imide groups is 1. The van der Waals surface area contributed by atoms with Gasteiger partial charge in [-0.2, -0.15) is 10.5 Å². The number of nitrogens with zero attached hydrogens (tertiary/aromatic N) is 2. The van der Waals surface area contributed by atoms with Crippen molar-refractivity contribution >= 4 is 11.8 Å². The quantitative estimate of drug-likeness (QED) is 0.705. The average molecular weight is 255 g/mol. The van der Waals surface area contributed by atoms with Gasteiger partial charge in [-0.15, -0.1) is 0 Å². The average Bonchev–Trinajstić information content (AvgIpc) is 2.38. The third-order valence-corrected chi connectivity index (χ3v) is 3.06. The molecule has 1 aliphatic rings. The first-order valence-electron chi connectivity index (χ1n) is 5.51. The maximum Gasteiger partial charge on any atom is 0.244 e. The van der Waals surface area contributed by atoms with Crippen LogP contribution < -0.4 is 5.32 Å². The minimum absolute atomic E-state index is 0.0516. The number of carbonyl (C=O) groups excluding carboxylic acids is 2. The lowest BCUT2D eigenvalue weighted by Gasteiger charge is -2.29. The van der Waals surface area contributed by atoms with Crippen molar-refractivity contribution < 1.29 is 14.7 Å². The summed E-state index contributed by atoms with van der Waals surface area (Å²) in [6.07, 6.45) is 0. The largest absolute Gasteiger partial charge is 0.508 e. The Morgan fingerprint density at radius 2 is 1.68 bits per heavy atom. The lowest BCUT2D eigenvalue weighted by Crippen LogP contribution is -2.49. The molecule has 2 rings (SSSR count). The Balaban J connectivity index is 2.53. The van der Waals surface area contributed by atoms with Crippen molar-refractivity contribution in [2.24, 2.45) is 11.8 Å². The zero-order valence-electron chi connectivity index (χ0n) is 9.70. The Morgan fingerprint density at radius 1 is 1.11 bits per heavy atom. The third kappa shape index (κ3) is 2.12. The van der Waals surface area contributed by atoms with E-state index in [1.165, 1.54) is 18.2 Å². The predicted molar refractivity (Wildman–Crippen MR) is 62.2 cm³/mol. The molecule has 19 heavy (non-hydrogen) atoms. The Hall–Kier alpha value is -2.86. The maximum absolute atomic E-state index is 11.6. The molecular formula is C13H9N3O3. The molecule has 0 unspecified atom stereocenters. The summed E-state index contributed by atoms with van der Waals surface area (Å²) in [4.78, 5) is 23.3. The van der Waals surface area contributed by atoms with Crippen molar-refractivity contribution in [1.29, 1.82) is 10.5 Å². The van der Waals surface area contributed by atoms with Crippen molar-refractivity contribution in [3.05, 3.63) is 29.8 Å². The smallest absolute Gasteiger partial charge is 0.244 e. The van der Waals surface area contributed by atoms with Crippen LogP contribution in [0.15, 0.2) is 24.3 Å². The summed E-state index contributed by atoms with van der Waals surface area (Å²) in [5.74, 6) is -4.62. The molecule has 1 aliphatic heterocycles. The van der Waals surface area contributed by atoms with E-state index in [-0.39, 0.29) is 5.75 Å². The molecule has 1 fully saturated rings. The number of aromatic hydroxyl groups is 1. The second-order valence-corrected chi connectivity index (χ2v) is 4.19. The highest BCUT2D eigenvalue weighted by molar-refractivity contribution is 6.03. The highest BCUT2D eigenvalue weighted by Gasteiger charge is 2.45. The van der Waals surface area contributed by atoms with Gasteiger partial charge < -0.3 is 5.11 Å². The van der Waals surface area contributed by atoms with E-state index in [1.807, 2.05) is 17.5 Å². The highest BCUT2D eigenvalue weighted by atomic mass is 16.3. The number of nitrogens with one attached hydrogen (secondary N) is 1. The van der Waals surface area contributed by atoms with Gasteiger partial charge in [0.15, 0.2) is 0 Å². The fourth-order valence-corrected chi connectivity index (χ4v) is 2.19. The molecule has 6 nitrogen and oxygen atoms in total. The number of hydrogen-bond acceptors (Lipinski definition) is 5. The molecule has 2 amide bonds. The van der Waals surface area contributed by atoms with E-state index in [1.54, 1.807) is 6.07 Å². The van der Waals surface area contributed by atoms with Crippen LogP contribution in [0.3, 0.4) is 0 Å². The number of amides is 2. The van der Waals surface area contributed by atoms with Crippen molar-refractivity contribution in [2.45, 2.75) is 5.92 Å². The molecule has 1 aromatic rings. The standard InChI is InChI=1S/C13H9N3O3/c14-5-9-11(7-2-1-3-8(17)4-7)10(6-15)13(19)16-12(9)18/h1-4,9-11,17H,(H,16,18,19)/t9-,10-/m0/s1. The van der Waals surface area contributed by atoms with Gasteiger partial charge in [0.1, 0.15) is 17.6 Å². The molecule has 2 atom stereocenters. The molecule has 0 aromatic heterocycles. The molecule has 0 spiro atoms. The summed E-state index contributed by atoms with van der Waals surface area (Å²) >= 11 is 0. The number of rotatable bonds is 1. The molecule has 0 aliphatic carbocycles. The summed E-state index contributed by atoms with van der Waals surface area (Å²) in [6, 6.07) is 9.51. The van der Waals surface area contributed by atoms with Gasteiger partial charge in [0.2, 0.25) is 11.8 Å². The zero-order valence-corrected chi connectivity index (χ0v) is 9.70.